The zero-order chi connectivity index (χ0) is 15.0. The number of carbonyl (C=O) groups is 1. The molecule has 1 heterocycles. The molecule has 0 spiro atoms. The highest BCUT2D eigenvalue weighted by molar-refractivity contribution is 9.10. The summed E-state index contributed by atoms with van der Waals surface area (Å²) in [6, 6.07) is 7.84. The van der Waals surface area contributed by atoms with Crippen LogP contribution >= 0.6 is 15.9 Å². The highest BCUT2D eigenvalue weighted by Crippen LogP contribution is 2.27. The van der Waals surface area contributed by atoms with Gasteiger partial charge in [-0.25, -0.2) is 4.79 Å². The van der Waals surface area contributed by atoms with Gasteiger partial charge in [-0.3, -0.25) is 0 Å². The fourth-order valence-corrected chi connectivity index (χ4v) is 2.48. The van der Waals surface area contributed by atoms with E-state index in [4.69, 9.17) is 4.74 Å². The smallest absolute Gasteiger partial charge is 0.410 e. The van der Waals surface area contributed by atoms with Crippen LogP contribution < -0.4 is 0 Å². The number of benzene rings is 1. The molecule has 0 unspecified atom stereocenters. The fraction of sp³-hybridized carbons (Fsp3) is 0.533. The second-order valence-electron chi connectivity index (χ2n) is 6.36. The van der Waals surface area contributed by atoms with E-state index in [2.05, 4.69) is 15.9 Å². The predicted molar refractivity (Wildman–Crippen MR) is 80.6 cm³/mol. The van der Waals surface area contributed by atoms with Crippen molar-refractivity contribution in [1.29, 1.82) is 0 Å². The van der Waals surface area contributed by atoms with Gasteiger partial charge in [0.15, 0.2) is 0 Å². The minimum Gasteiger partial charge on any atom is -0.444 e. The highest BCUT2D eigenvalue weighted by atomic mass is 79.9. The maximum atomic E-state index is 11.8. The molecule has 1 amide bonds. The average molecular weight is 342 g/mol. The highest BCUT2D eigenvalue weighted by Gasteiger charge is 2.45. The number of carbonyl (C=O) groups excluding carboxylic acids is 1. The number of hydrogen-bond acceptors (Lipinski definition) is 3. The Kier molecular flexibility index (Phi) is 4.12. The first-order valence-electron chi connectivity index (χ1n) is 6.62. The monoisotopic (exact) mass is 341 g/mol. The Hall–Kier alpha value is -1.07. The number of likely N-dealkylation sites (tertiary alicyclic amines) is 1. The number of nitrogens with zero attached hydrogens (tertiary/aromatic N) is 1. The molecule has 1 fully saturated rings. The third-order valence-corrected chi connectivity index (χ3v) is 3.60. The summed E-state index contributed by atoms with van der Waals surface area (Å²) in [6.45, 7) is 6.13. The second-order valence-corrected chi connectivity index (χ2v) is 7.28. The van der Waals surface area contributed by atoms with E-state index in [1.165, 1.54) is 4.90 Å². The minimum atomic E-state index is -0.843. The first-order chi connectivity index (χ1) is 9.17. The van der Waals surface area contributed by atoms with Crippen molar-refractivity contribution in [2.24, 2.45) is 0 Å². The van der Waals surface area contributed by atoms with Gasteiger partial charge in [0.25, 0.3) is 0 Å². The van der Waals surface area contributed by atoms with Crippen molar-refractivity contribution in [3.8, 4) is 0 Å². The number of rotatable bonds is 2. The summed E-state index contributed by atoms with van der Waals surface area (Å²) in [5.41, 5.74) is -0.291. The lowest BCUT2D eigenvalue weighted by Crippen LogP contribution is -2.65. The van der Waals surface area contributed by atoms with Gasteiger partial charge in [0, 0.05) is 10.9 Å². The first-order valence-corrected chi connectivity index (χ1v) is 7.41. The van der Waals surface area contributed by atoms with Gasteiger partial charge in [-0.05, 0) is 38.5 Å². The molecule has 1 N–H and O–H groups in total. The lowest BCUT2D eigenvalue weighted by molar-refractivity contribution is -0.0973. The Labute approximate surface area is 127 Å². The number of halogens is 1. The van der Waals surface area contributed by atoms with Crippen LogP contribution in [0.5, 0.6) is 0 Å². The van der Waals surface area contributed by atoms with Crippen LogP contribution in [0.2, 0.25) is 0 Å². The maximum absolute atomic E-state index is 11.8. The van der Waals surface area contributed by atoms with Crippen LogP contribution in [-0.2, 0) is 11.2 Å². The van der Waals surface area contributed by atoms with E-state index in [9.17, 15) is 9.90 Å². The van der Waals surface area contributed by atoms with Crippen molar-refractivity contribution in [2.75, 3.05) is 13.1 Å². The molecule has 1 aliphatic heterocycles. The molecule has 5 heteroatoms. The maximum Gasteiger partial charge on any atom is 0.410 e. The number of amides is 1. The Balaban J connectivity index is 1.87. The SMILES string of the molecule is CC(C)(C)OC(=O)N1CC(O)(Cc2ccc(Br)cc2)C1. The molecule has 20 heavy (non-hydrogen) atoms. The van der Waals surface area contributed by atoms with E-state index in [-0.39, 0.29) is 6.09 Å². The summed E-state index contributed by atoms with van der Waals surface area (Å²) >= 11 is 3.38. The standard InChI is InChI=1S/C15H20BrNO3/c1-14(2,3)20-13(18)17-9-15(19,10-17)8-11-4-6-12(16)7-5-11/h4-7,19H,8-10H2,1-3H3. The number of hydrogen-bond donors (Lipinski definition) is 1. The first kappa shape index (κ1) is 15.3. The van der Waals surface area contributed by atoms with E-state index in [1.807, 2.05) is 45.0 Å². The topological polar surface area (TPSA) is 49.8 Å². The van der Waals surface area contributed by atoms with Gasteiger partial charge < -0.3 is 14.7 Å². The molecule has 1 aromatic carbocycles. The summed E-state index contributed by atoms with van der Waals surface area (Å²) in [4.78, 5) is 13.3. The summed E-state index contributed by atoms with van der Waals surface area (Å²) in [5.74, 6) is 0. The average Bonchev–Trinajstić information content (AvgIpc) is 2.26. The largest absolute Gasteiger partial charge is 0.444 e. The molecule has 4 nitrogen and oxygen atoms in total. The summed E-state index contributed by atoms with van der Waals surface area (Å²) in [6.07, 6.45) is 0.178. The molecule has 0 aliphatic carbocycles. The summed E-state index contributed by atoms with van der Waals surface area (Å²) in [7, 11) is 0. The zero-order valence-electron chi connectivity index (χ0n) is 12.0. The van der Waals surface area contributed by atoms with Crippen molar-refractivity contribution in [1.82, 2.24) is 4.90 Å². The normalized spacial score (nSPS) is 17.6. The molecule has 110 valence electrons. The Morgan fingerprint density at radius 1 is 1.35 bits per heavy atom. The van der Waals surface area contributed by atoms with E-state index in [1.54, 1.807) is 0 Å². The summed E-state index contributed by atoms with van der Waals surface area (Å²) < 4.78 is 6.28. The van der Waals surface area contributed by atoms with Gasteiger partial charge in [0.1, 0.15) is 11.2 Å². The van der Waals surface area contributed by atoms with E-state index in [0.29, 0.717) is 19.5 Å². The molecular formula is C15H20BrNO3. The van der Waals surface area contributed by atoms with Crippen molar-refractivity contribution >= 4 is 22.0 Å². The fourth-order valence-electron chi connectivity index (χ4n) is 2.21. The van der Waals surface area contributed by atoms with Crippen LogP contribution in [0, 0.1) is 0 Å². The second kappa shape index (κ2) is 5.37. The Morgan fingerprint density at radius 2 is 1.90 bits per heavy atom. The minimum absolute atomic E-state index is 0.317. The van der Waals surface area contributed by atoms with Gasteiger partial charge in [-0.1, -0.05) is 28.1 Å². The van der Waals surface area contributed by atoms with Gasteiger partial charge in [0.05, 0.1) is 13.1 Å². The molecule has 1 aromatic rings. The van der Waals surface area contributed by atoms with Crippen molar-refractivity contribution in [3.63, 3.8) is 0 Å². The van der Waals surface area contributed by atoms with Gasteiger partial charge in [-0.15, -0.1) is 0 Å². The number of β-amino-alcohol motifs (C(OH)–C–C–N with tert-alkyl or cyclic N) is 1. The van der Waals surface area contributed by atoms with Gasteiger partial charge >= 0.3 is 6.09 Å². The van der Waals surface area contributed by atoms with E-state index < -0.39 is 11.2 Å². The van der Waals surface area contributed by atoms with Crippen LogP contribution in [0.25, 0.3) is 0 Å². The van der Waals surface area contributed by atoms with Gasteiger partial charge in [-0.2, -0.15) is 0 Å². The lowest BCUT2D eigenvalue weighted by atomic mass is 9.87. The molecule has 0 radical (unpaired) electrons. The van der Waals surface area contributed by atoms with Crippen LogP contribution in [0.4, 0.5) is 4.79 Å². The van der Waals surface area contributed by atoms with Crippen molar-refractivity contribution in [3.05, 3.63) is 34.3 Å². The van der Waals surface area contributed by atoms with Crippen LogP contribution in [0.1, 0.15) is 26.3 Å². The van der Waals surface area contributed by atoms with Crippen LogP contribution in [-0.4, -0.2) is 40.4 Å². The van der Waals surface area contributed by atoms with Gasteiger partial charge in [0.2, 0.25) is 0 Å². The van der Waals surface area contributed by atoms with Crippen LogP contribution in [0.3, 0.4) is 0 Å². The molecule has 0 saturated carbocycles. The number of ether oxygens (including phenoxy) is 1. The molecule has 1 aliphatic rings. The summed E-state index contributed by atoms with van der Waals surface area (Å²) in [5, 5.41) is 10.4. The lowest BCUT2D eigenvalue weighted by Gasteiger charge is -2.46. The quantitative estimate of drug-likeness (QED) is 0.899. The Bertz CT molecular complexity index is 487. The van der Waals surface area contributed by atoms with E-state index in [0.717, 1.165) is 10.0 Å². The molecule has 0 atom stereocenters. The zero-order valence-corrected chi connectivity index (χ0v) is 13.6. The third kappa shape index (κ3) is 3.96. The molecule has 0 aromatic heterocycles. The third-order valence-electron chi connectivity index (χ3n) is 3.07. The van der Waals surface area contributed by atoms with Crippen molar-refractivity contribution in [2.45, 2.75) is 38.4 Å². The number of aliphatic hydroxyl groups is 1. The predicted octanol–water partition coefficient (Wildman–Crippen LogP) is 2.97. The van der Waals surface area contributed by atoms with Crippen LogP contribution in [0.15, 0.2) is 28.7 Å². The van der Waals surface area contributed by atoms with Crippen molar-refractivity contribution < 1.29 is 14.6 Å². The molecule has 2 rings (SSSR count). The molecule has 1 saturated heterocycles. The molecular weight excluding hydrogens is 322 g/mol. The van der Waals surface area contributed by atoms with E-state index >= 15 is 0 Å². The molecule has 0 bridgehead atoms. The Morgan fingerprint density at radius 3 is 2.40 bits per heavy atom.